The van der Waals surface area contributed by atoms with Gasteiger partial charge in [-0.1, -0.05) is 29.8 Å². The van der Waals surface area contributed by atoms with Gasteiger partial charge in [0, 0.05) is 10.7 Å². The van der Waals surface area contributed by atoms with Crippen LogP contribution >= 0.6 is 11.6 Å². The number of ether oxygens (including phenoxy) is 2. The third-order valence-electron chi connectivity index (χ3n) is 3.44. The summed E-state index contributed by atoms with van der Waals surface area (Å²) in [6, 6.07) is 15.6. The minimum absolute atomic E-state index is 0.138. The summed E-state index contributed by atoms with van der Waals surface area (Å²) in [5.41, 5.74) is 1.34. The van der Waals surface area contributed by atoms with Gasteiger partial charge >= 0.3 is 5.97 Å². The molecule has 2 aromatic rings. The first-order valence-corrected chi connectivity index (χ1v) is 8.16. The molecule has 0 atom stereocenters. The number of amides is 1. The molecule has 0 aliphatic carbocycles. The quantitative estimate of drug-likeness (QED) is 0.551. The van der Waals surface area contributed by atoms with Gasteiger partial charge < -0.3 is 9.47 Å². The van der Waals surface area contributed by atoms with Crippen LogP contribution in [-0.4, -0.2) is 31.6 Å². The molecule has 2 rings (SSSR count). The molecule has 0 unspecified atom stereocenters. The van der Waals surface area contributed by atoms with E-state index in [1.807, 2.05) is 6.07 Å². The summed E-state index contributed by atoms with van der Waals surface area (Å²) in [4.78, 5) is 25.3. The third kappa shape index (κ3) is 5.50. The van der Waals surface area contributed by atoms with Crippen LogP contribution in [-0.2, 0) is 14.3 Å². The van der Waals surface area contributed by atoms with E-state index in [1.165, 1.54) is 4.90 Å². The smallest absolute Gasteiger partial charge is 0.344 e. The first-order chi connectivity index (χ1) is 12.5. The van der Waals surface area contributed by atoms with Gasteiger partial charge in [-0.3, -0.25) is 9.69 Å². The maximum absolute atomic E-state index is 12.2. The minimum Gasteiger partial charge on any atom is -0.482 e. The number of halogens is 1. The second kappa shape index (κ2) is 9.44. The molecule has 0 saturated carbocycles. The van der Waals surface area contributed by atoms with Gasteiger partial charge in [-0.05, 0) is 42.8 Å². The van der Waals surface area contributed by atoms with Crippen LogP contribution in [0, 0.1) is 18.3 Å². The van der Waals surface area contributed by atoms with Crippen LogP contribution in [0.5, 0.6) is 5.75 Å². The largest absolute Gasteiger partial charge is 0.482 e. The van der Waals surface area contributed by atoms with E-state index in [9.17, 15) is 9.59 Å². The van der Waals surface area contributed by atoms with Crippen molar-refractivity contribution in [1.29, 1.82) is 5.26 Å². The van der Waals surface area contributed by atoms with Crippen molar-refractivity contribution in [3.8, 4) is 11.8 Å². The van der Waals surface area contributed by atoms with E-state index < -0.39 is 18.5 Å². The average Bonchev–Trinajstić information content (AvgIpc) is 2.64. The van der Waals surface area contributed by atoms with Crippen LogP contribution in [0.1, 0.15) is 5.56 Å². The van der Waals surface area contributed by atoms with Gasteiger partial charge in [0.05, 0.1) is 6.07 Å². The van der Waals surface area contributed by atoms with E-state index in [4.69, 9.17) is 26.3 Å². The Morgan fingerprint density at radius 1 is 1.15 bits per heavy atom. The molecule has 134 valence electrons. The Balaban J connectivity index is 1.87. The minimum atomic E-state index is -0.683. The molecule has 6 nitrogen and oxygen atoms in total. The third-order valence-corrected chi connectivity index (χ3v) is 3.67. The van der Waals surface area contributed by atoms with Crippen LogP contribution in [0.3, 0.4) is 0 Å². The molecule has 0 heterocycles. The lowest BCUT2D eigenvalue weighted by Gasteiger charge is -2.19. The van der Waals surface area contributed by atoms with Crippen molar-refractivity contribution in [2.45, 2.75) is 6.92 Å². The normalized spacial score (nSPS) is 9.88. The van der Waals surface area contributed by atoms with Crippen LogP contribution in [0.25, 0.3) is 0 Å². The summed E-state index contributed by atoms with van der Waals surface area (Å²) in [5.74, 6) is -0.667. The predicted octanol–water partition coefficient (Wildman–Crippen LogP) is 3.13. The fraction of sp³-hybridized carbons (Fsp3) is 0.211. The number of nitrogens with zero attached hydrogens (tertiary/aromatic N) is 2. The fourth-order valence-electron chi connectivity index (χ4n) is 2.18. The molecule has 0 aliphatic rings. The lowest BCUT2D eigenvalue weighted by atomic mass is 10.2. The van der Waals surface area contributed by atoms with Gasteiger partial charge in [0.25, 0.3) is 5.91 Å². The average molecular weight is 373 g/mol. The number of rotatable bonds is 7. The first kappa shape index (κ1) is 19.3. The molecule has 0 aliphatic heterocycles. The Bertz CT molecular complexity index is 818. The number of hydrogen-bond acceptors (Lipinski definition) is 5. The molecule has 0 bridgehead atoms. The number of nitriles is 1. The monoisotopic (exact) mass is 372 g/mol. The lowest BCUT2D eigenvalue weighted by molar-refractivity contribution is -0.149. The number of aryl methyl sites for hydroxylation is 1. The zero-order valence-corrected chi connectivity index (χ0v) is 14.9. The second-order valence-corrected chi connectivity index (χ2v) is 5.77. The highest BCUT2D eigenvalue weighted by Crippen LogP contribution is 2.21. The van der Waals surface area contributed by atoms with Crippen molar-refractivity contribution in [1.82, 2.24) is 0 Å². The highest BCUT2D eigenvalue weighted by Gasteiger charge is 2.17. The Kier molecular flexibility index (Phi) is 7.01. The number of carbonyl (C=O) groups is 2. The fourth-order valence-corrected chi connectivity index (χ4v) is 2.40. The van der Waals surface area contributed by atoms with Crippen LogP contribution in [0.15, 0.2) is 48.5 Å². The molecule has 0 aromatic heterocycles. The number of carbonyl (C=O) groups excluding carboxylic acids is 2. The maximum Gasteiger partial charge on any atom is 0.344 e. The number of anilines is 1. The molecule has 0 saturated heterocycles. The van der Waals surface area contributed by atoms with E-state index >= 15 is 0 Å². The Hall–Kier alpha value is -3.04. The van der Waals surface area contributed by atoms with E-state index in [1.54, 1.807) is 55.5 Å². The first-order valence-electron chi connectivity index (χ1n) is 7.78. The van der Waals surface area contributed by atoms with Crippen molar-refractivity contribution < 1.29 is 19.1 Å². The molecule has 7 heteroatoms. The summed E-state index contributed by atoms with van der Waals surface area (Å²) in [6.45, 7) is 0.855. The van der Waals surface area contributed by atoms with E-state index in [2.05, 4.69) is 0 Å². The van der Waals surface area contributed by atoms with Crippen molar-refractivity contribution in [3.05, 3.63) is 59.1 Å². The predicted molar refractivity (Wildman–Crippen MR) is 97.1 cm³/mol. The summed E-state index contributed by atoms with van der Waals surface area (Å²) < 4.78 is 10.3. The van der Waals surface area contributed by atoms with Crippen LogP contribution < -0.4 is 9.64 Å². The van der Waals surface area contributed by atoms with Crippen LogP contribution in [0.4, 0.5) is 5.69 Å². The van der Waals surface area contributed by atoms with Gasteiger partial charge in [0.15, 0.2) is 13.2 Å². The van der Waals surface area contributed by atoms with Gasteiger partial charge in [0.2, 0.25) is 0 Å². The van der Waals surface area contributed by atoms with Gasteiger partial charge in [-0.2, -0.15) is 5.26 Å². The van der Waals surface area contributed by atoms with Crippen molar-refractivity contribution >= 4 is 29.2 Å². The second-order valence-electron chi connectivity index (χ2n) is 5.33. The van der Waals surface area contributed by atoms with Gasteiger partial charge in [0.1, 0.15) is 12.3 Å². The molecule has 2 aromatic carbocycles. The van der Waals surface area contributed by atoms with Crippen molar-refractivity contribution in [2.75, 3.05) is 24.7 Å². The van der Waals surface area contributed by atoms with E-state index in [-0.39, 0.29) is 13.2 Å². The standard InChI is InChI=1S/C19H17ClN2O4/c1-14-11-15(20)7-8-17(14)25-13-19(24)26-12-18(23)22(10-9-21)16-5-3-2-4-6-16/h2-8,11H,10,12-13H2,1H3. The Labute approximate surface area is 156 Å². The van der Waals surface area contributed by atoms with Gasteiger partial charge in [-0.15, -0.1) is 0 Å². The molecular formula is C19H17ClN2O4. The SMILES string of the molecule is Cc1cc(Cl)ccc1OCC(=O)OCC(=O)N(CC#N)c1ccccc1. The number of esters is 1. The van der Waals surface area contributed by atoms with E-state index in [0.29, 0.717) is 16.5 Å². The molecule has 1 amide bonds. The molecule has 26 heavy (non-hydrogen) atoms. The highest BCUT2D eigenvalue weighted by atomic mass is 35.5. The van der Waals surface area contributed by atoms with Crippen molar-refractivity contribution in [3.63, 3.8) is 0 Å². The van der Waals surface area contributed by atoms with Crippen LogP contribution in [0.2, 0.25) is 5.02 Å². The lowest BCUT2D eigenvalue weighted by Crippen LogP contribution is -2.35. The Morgan fingerprint density at radius 2 is 1.88 bits per heavy atom. The molecule has 0 N–H and O–H groups in total. The number of benzene rings is 2. The topological polar surface area (TPSA) is 79.6 Å². The molecule has 0 spiro atoms. The molecule has 0 fully saturated rings. The number of para-hydroxylation sites is 1. The maximum atomic E-state index is 12.2. The zero-order chi connectivity index (χ0) is 18.9. The van der Waals surface area contributed by atoms with Gasteiger partial charge in [-0.25, -0.2) is 4.79 Å². The summed E-state index contributed by atoms with van der Waals surface area (Å²) in [5, 5.41) is 9.47. The van der Waals surface area contributed by atoms with Crippen molar-refractivity contribution in [2.24, 2.45) is 0 Å². The molecular weight excluding hydrogens is 356 g/mol. The molecule has 0 radical (unpaired) electrons. The summed E-state index contributed by atoms with van der Waals surface area (Å²) in [6.07, 6.45) is 0. The highest BCUT2D eigenvalue weighted by molar-refractivity contribution is 6.30. The summed E-state index contributed by atoms with van der Waals surface area (Å²) >= 11 is 5.86. The zero-order valence-electron chi connectivity index (χ0n) is 14.1. The summed E-state index contributed by atoms with van der Waals surface area (Å²) in [7, 11) is 0. The van der Waals surface area contributed by atoms with E-state index in [0.717, 1.165) is 5.56 Å². The Morgan fingerprint density at radius 3 is 2.54 bits per heavy atom. The number of hydrogen-bond donors (Lipinski definition) is 0.